The number of carbonyl (C=O) groups excluding carboxylic acids is 3. The van der Waals surface area contributed by atoms with E-state index in [9.17, 15) is 14.4 Å². The molecule has 2 aromatic carbocycles. The van der Waals surface area contributed by atoms with E-state index in [2.05, 4.69) is 16.0 Å². The second kappa shape index (κ2) is 10.7. The minimum atomic E-state index is -0.662. The summed E-state index contributed by atoms with van der Waals surface area (Å²) in [6.45, 7) is 8.30. The van der Waals surface area contributed by atoms with Gasteiger partial charge in [-0.1, -0.05) is 51.1 Å². The first-order chi connectivity index (χ1) is 17.6. The van der Waals surface area contributed by atoms with Crippen molar-refractivity contribution in [1.29, 1.82) is 0 Å². The quantitative estimate of drug-likeness (QED) is 0.534. The van der Waals surface area contributed by atoms with Crippen molar-refractivity contribution in [2.75, 3.05) is 20.7 Å². The molecule has 1 heterocycles. The topological polar surface area (TPSA) is 99.8 Å². The van der Waals surface area contributed by atoms with Crippen LogP contribution in [0.15, 0.2) is 36.4 Å². The molecule has 2 fully saturated rings. The molecule has 1 saturated carbocycles. The Kier molecular flexibility index (Phi) is 7.78. The number of ether oxygens (including phenoxy) is 1. The second-order valence-corrected chi connectivity index (χ2v) is 11.4. The number of hydrogen-bond donors (Lipinski definition) is 3. The molecule has 0 aromatic heterocycles. The van der Waals surface area contributed by atoms with E-state index < -0.39 is 17.5 Å². The van der Waals surface area contributed by atoms with E-state index >= 15 is 0 Å². The Morgan fingerprint density at radius 1 is 1.05 bits per heavy atom. The van der Waals surface area contributed by atoms with Gasteiger partial charge in [0, 0.05) is 12.6 Å². The van der Waals surface area contributed by atoms with E-state index in [-0.39, 0.29) is 29.8 Å². The standard InChI is InChI=1S/C29H40N4O4/c1-17(30-5)26(34)32-25(29(2,3)4)28(36)33-16-15-19-11-13-21(24(19)33)31-27(35)23-20-10-8-7-9-18(20)12-14-22(23)37-6/h7-10,12,14,17,19,21,24-25,30H,11,13,15-16H2,1-6H3,(H,31,35)(H,32,34)/t17-,19+,21-,24-,25+/m0/s1. The molecule has 1 aliphatic heterocycles. The molecule has 37 heavy (non-hydrogen) atoms. The highest BCUT2D eigenvalue weighted by Crippen LogP contribution is 2.40. The van der Waals surface area contributed by atoms with Crippen molar-refractivity contribution >= 4 is 28.5 Å². The first kappa shape index (κ1) is 26.9. The Morgan fingerprint density at radius 2 is 1.78 bits per heavy atom. The van der Waals surface area contributed by atoms with Crippen LogP contribution in [0, 0.1) is 11.3 Å². The normalized spacial score (nSPS) is 22.9. The number of methoxy groups -OCH3 is 1. The highest BCUT2D eigenvalue weighted by molar-refractivity contribution is 6.09. The minimum absolute atomic E-state index is 0.0828. The Balaban J connectivity index is 1.58. The molecule has 0 radical (unpaired) electrons. The summed E-state index contributed by atoms with van der Waals surface area (Å²) in [6, 6.07) is 10.2. The molecule has 3 amide bonds. The first-order valence-corrected chi connectivity index (χ1v) is 13.2. The van der Waals surface area contributed by atoms with Gasteiger partial charge in [0.25, 0.3) is 5.91 Å². The molecular formula is C29H40N4O4. The monoisotopic (exact) mass is 508 g/mol. The fourth-order valence-corrected chi connectivity index (χ4v) is 5.83. The summed E-state index contributed by atoms with van der Waals surface area (Å²) in [6.07, 6.45) is 2.66. The zero-order valence-electron chi connectivity index (χ0n) is 22.8. The van der Waals surface area contributed by atoms with Gasteiger partial charge in [-0.15, -0.1) is 0 Å². The fraction of sp³-hybridized carbons (Fsp3) is 0.552. The van der Waals surface area contributed by atoms with Crippen LogP contribution in [0.4, 0.5) is 0 Å². The van der Waals surface area contributed by atoms with Gasteiger partial charge >= 0.3 is 0 Å². The predicted octanol–water partition coefficient (Wildman–Crippen LogP) is 3.10. The third kappa shape index (κ3) is 5.30. The van der Waals surface area contributed by atoms with Crippen LogP contribution in [-0.2, 0) is 9.59 Å². The summed E-state index contributed by atoms with van der Waals surface area (Å²) in [5, 5.41) is 11.0. The Labute approximate surface area is 219 Å². The maximum Gasteiger partial charge on any atom is 0.255 e. The lowest BCUT2D eigenvalue weighted by Crippen LogP contribution is -2.60. The van der Waals surface area contributed by atoms with Gasteiger partial charge < -0.3 is 25.6 Å². The third-order valence-corrected chi connectivity index (χ3v) is 8.01. The molecular weight excluding hydrogens is 468 g/mol. The molecule has 5 atom stereocenters. The largest absolute Gasteiger partial charge is 0.496 e. The third-order valence-electron chi connectivity index (χ3n) is 8.01. The summed E-state index contributed by atoms with van der Waals surface area (Å²) in [5.74, 6) is 0.379. The van der Waals surface area contributed by atoms with E-state index in [0.717, 1.165) is 30.0 Å². The maximum absolute atomic E-state index is 13.9. The summed E-state index contributed by atoms with van der Waals surface area (Å²) >= 11 is 0. The Hall–Kier alpha value is -3.13. The van der Waals surface area contributed by atoms with E-state index in [1.165, 1.54) is 0 Å². The molecule has 1 aliphatic carbocycles. The number of carbonyl (C=O) groups is 3. The van der Waals surface area contributed by atoms with Crippen LogP contribution in [0.1, 0.15) is 57.3 Å². The van der Waals surface area contributed by atoms with Crippen LogP contribution in [0.3, 0.4) is 0 Å². The molecule has 0 spiro atoms. The van der Waals surface area contributed by atoms with Crippen molar-refractivity contribution in [2.24, 2.45) is 11.3 Å². The van der Waals surface area contributed by atoms with Crippen molar-refractivity contribution in [2.45, 2.75) is 71.1 Å². The maximum atomic E-state index is 13.9. The number of fused-ring (bicyclic) bond motifs is 2. The van der Waals surface area contributed by atoms with Crippen molar-refractivity contribution in [3.63, 3.8) is 0 Å². The molecule has 8 heteroatoms. The van der Waals surface area contributed by atoms with Crippen molar-refractivity contribution in [3.05, 3.63) is 42.0 Å². The number of likely N-dealkylation sites (N-methyl/N-ethyl adjacent to an activating group) is 1. The van der Waals surface area contributed by atoms with Gasteiger partial charge in [0.05, 0.1) is 24.8 Å². The number of nitrogens with zero attached hydrogens (tertiary/aromatic N) is 1. The lowest BCUT2D eigenvalue weighted by Gasteiger charge is -2.38. The highest BCUT2D eigenvalue weighted by Gasteiger charge is 2.49. The minimum Gasteiger partial charge on any atom is -0.496 e. The molecule has 4 rings (SSSR count). The van der Waals surface area contributed by atoms with Crippen LogP contribution in [0.25, 0.3) is 10.8 Å². The van der Waals surface area contributed by atoms with E-state index in [1.807, 2.05) is 62.1 Å². The predicted molar refractivity (Wildman–Crippen MR) is 145 cm³/mol. The zero-order chi connectivity index (χ0) is 26.9. The van der Waals surface area contributed by atoms with Crippen LogP contribution in [0.2, 0.25) is 0 Å². The average molecular weight is 509 g/mol. The second-order valence-electron chi connectivity index (χ2n) is 11.4. The molecule has 3 N–H and O–H groups in total. The van der Waals surface area contributed by atoms with Crippen molar-refractivity contribution in [3.8, 4) is 5.75 Å². The van der Waals surface area contributed by atoms with Gasteiger partial charge in [0.2, 0.25) is 11.8 Å². The Bertz CT molecular complexity index is 1170. The van der Waals surface area contributed by atoms with Crippen molar-refractivity contribution in [1.82, 2.24) is 20.9 Å². The van der Waals surface area contributed by atoms with Gasteiger partial charge in [-0.25, -0.2) is 0 Å². The van der Waals surface area contributed by atoms with Crippen LogP contribution in [0.5, 0.6) is 5.75 Å². The number of rotatable bonds is 7. The zero-order valence-corrected chi connectivity index (χ0v) is 22.8. The van der Waals surface area contributed by atoms with Crippen LogP contribution < -0.4 is 20.7 Å². The van der Waals surface area contributed by atoms with Gasteiger partial charge in [0.15, 0.2) is 0 Å². The molecule has 1 saturated heterocycles. The van der Waals surface area contributed by atoms with Gasteiger partial charge in [0.1, 0.15) is 11.8 Å². The van der Waals surface area contributed by atoms with Gasteiger partial charge in [-0.05, 0) is 61.4 Å². The number of benzene rings is 2. The fourth-order valence-electron chi connectivity index (χ4n) is 5.83. The number of nitrogens with one attached hydrogen (secondary N) is 3. The van der Waals surface area contributed by atoms with E-state index in [4.69, 9.17) is 4.74 Å². The molecule has 8 nitrogen and oxygen atoms in total. The smallest absolute Gasteiger partial charge is 0.255 e. The van der Waals surface area contributed by atoms with Gasteiger partial charge in [-0.3, -0.25) is 14.4 Å². The molecule has 0 unspecified atom stereocenters. The highest BCUT2D eigenvalue weighted by atomic mass is 16.5. The summed E-state index contributed by atoms with van der Waals surface area (Å²) < 4.78 is 5.55. The summed E-state index contributed by atoms with van der Waals surface area (Å²) in [7, 11) is 3.29. The summed E-state index contributed by atoms with van der Waals surface area (Å²) in [5.41, 5.74) is 0.0483. The van der Waals surface area contributed by atoms with Crippen LogP contribution in [-0.4, -0.2) is 67.5 Å². The molecule has 200 valence electrons. The van der Waals surface area contributed by atoms with E-state index in [0.29, 0.717) is 23.8 Å². The lowest BCUT2D eigenvalue weighted by molar-refractivity contribution is -0.141. The SMILES string of the molecule is CN[C@@H](C)C(=O)N[C@H](C(=O)N1CC[C@H]2CC[C@H](NC(=O)c3c(OC)ccc4ccccc34)[C@H]21)C(C)(C)C. The number of likely N-dealkylation sites (tertiary alicyclic amines) is 1. The lowest BCUT2D eigenvalue weighted by atomic mass is 9.85. The van der Waals surface area contributed by atoms with Crippen LogP contribution >= 0.6 is 0 Å². The first-order valence-electron chi connectivity index (χ1n) is 13.2. The van der Waals surface area contributed by atoms with Crippen molar-refractivity contribution < 1.29 is 19.1 Å². The Morgan fingerprint density at radius 3 is 2.46 bits per heavy atom. The molecule has 2 aliphatic rings. The molecule has 2 aromatic rings. The number of amides is 3. The van der Waals surface area contributed by atoms with Gasteiger partial charge in [-0.2, -0.15) is 0 Å². The average Bonchev–Trinajstić information content (AvgIpc) is 3.47. The van der Waals surface area contributed by atoms with E-state index in [1.54, 1.807) is 21.1 Å². The molecule has 0 bridgehead atoms. The summed E-state index contributed by atoms with van der Waals surface area (Å²) in [4.78, 5) is 42.2. The number of hydrogen-bond acceptors (Lipinski definition) is 5.